The minimum absolute atomic E-state index is 0.103. The first-order valence-corrected chi connectivity index (χ1v) is 7.15. The van der Waals surface area contributed by atoms with Gasteiger partial charge in [0.15, 0.2) is 0 Å². The summed E-state index contributed by atoms with van der Waals surface area (Å²) < 4.78 is 0. The number of hydrogen-bond donors (Lipinski definition) is 2. The Morgan fingerprint density at radius 3 is 2.59 bits per heavy atom. The van der Waals surface area contributed by atoms with Crippen LogP contribution in [0.25, 0.3) is 0 Å². The summed E-state index contributed by atoms with van der Waals surface area (Å²) in [5.74, 6) is 0. The maximum atomic E-state index is 10.5. The van der Waals surface area contributed by atoms with Gasteiger partial charge in [-0.15, -0.1) is 11.3 Å². The highest BCUT2D eigenvalue weighted by Crippen LogP contribution is 2.28. The van der Waals surface area contributed by atoms with Crippen LogP contribution in [0.4, 0.5) is 0 Å². The van der Waals surface area contributed by atoms with Crippen molar-refractivity contribution in [3.63, 3.8) is 0 Å². The van der Waals surface area contributed by atoms with Crippen molar-refractivity contribution in [3.8, 4) is 0 Å². The van der Waals surface area contributed by atoms with Gasteiger partial charge in [0.1, 0.15) is 0 Å². The molecule has 1 aliphatic heterocycles. The van der Waals surface area contributed by atoms with E-state index in [0.29, 0.717) is 6.42 Å². The number of aliphatic hydroxyl groups is 1. The summed E-state index contributed by atoms with van der Waals surface area (Å²) in [4.78, 5) is 4.66. The molecule has 0 unspecified atom stereocenters. The molecule has 1 aromatic rings. The Bertz CT molecular complexity index is 375. The maximum Gasteiger partial charge on any atom is 0.0957 e. The van der Waals surface area contributed by atoms with Gasteiger partial charge in [-0.25, -0.2) is 4.98 Å². The molecule has 2 heterocycles. The fourth-order valence-corrected chi connectivity index (χ4v) is 3.24. The first kappa shape index (κ1) is 13.0. The molecular weight excluding hydrogens is 232 g/mol. The molecule has 0 bridgehead atoms. The number of nitrogens with zero attached hydrogens (tertiary/aromatic N) is 1. The number of piperidine rings is 1. The largest absolute Gasteiger partial charge is 0.389 e. The summed E-state index contributed by atoms with van der Waals surface area (Å²) >= 11 is 1.68. The second-order valence-electron chi connectivity index (χ2n) is 6.03. The SMILES string of the molecule is CC(C)(C)c1csc(CC2(O)CCNCC2)n1. The van der Waals surface area contributed by atoms with Crippen LogP contribution >= 0.6 is 11.3 Å². The lowest BCUT2D eigenvalue weighted by Crippen LogP contribution is -2.43. The zero-order chi connectivity index (χ0) is 12.5. The lowest BCUT2D eigenvalue weighted by Gasteiger charge is -2.31. The molecule has 1 aromatic heterocycles. The Hall–Kier alpha value is -0.450. The summed E-state index contributed by atoms with van der Waals surface area (Å²) in [6.45, 7) is 8.34. The minimum atomic E-state index is -0.543. The summed E-state index contributed by atoms with van der Waals surface area (Å²) in [5.41, 5.74) is 0.694. The van der Waals surface area contributed by atoms with E-state index in [2.05, 4.69) is 36.5 Å². The summed E-state index contributed by atoms with van der Waals surface area (Å²) in [6.07, 6.45) is 2.37. The van der Waals surface area contributed by atoms with Gasteiger partial charge in [0.25, 0.3) is 0 Å². The molecule has 1 fully saturated rings. The van der Waals surface area contributed by atoms with E-state index in [0.717, 1.165) is 36.6 Å². The van der Waals surface area contributed by atoms with Crippen molar-refractivity contribution < 1.29 is 5.11 Å². The monoisotopic (exact) mass is 254 g/mol. The van der Waals surface area contributed by atoms with E-state index in [-0.39, 0.29) is 5.41 Å². The van der Waals surface area contributed by atoms with Crippen LogP contribution in [0.1, 0.15) is 44.3 Å². The highest BCUT2D eigenvalue weighted by atomic mass is 32.1. The van der Waals surface area contributed by atoms with Crippen LogP contribution in [0, 0.1) is 0 Å². The van der Waals surface area contributed by atoms with Crippen molar-refractivity contribution in [2.45, 2.75) is 51.0 Å². The molecule has 0 amide bonds. The third-order valence-corrected chi connectivity index (χ3v) is 4.18. The number of aromatic nitrogens is 1. The molecule has 1 saturated heterocycles. The molecule has 0 saturated carbocycles. The number of hydrogen-bond acceptors (Lipinski definition) is 4. The highest BCUT2D eigenvalue weighted by molar-refractivity contribution is 7.09. The Morgan fingerprint density at radius 1 is 1.41 bits per heavy atom. The van der Waals surface area contributed by atoms with E-state index in [1.165, 1.54) is 0 Å². The quantitative estimate of drug-likeness (QED) is 0.849. The van der Waals surface area contributed by atoms with Gasteiger partial charge in [-0.05, 0) is 25.9 Å². The van der Waals surface area contributed by atoms with Crippen molar-refractivity contribution >= 4 is 11.3 Å². The van der Waals surface area contributed by atoms with Crippen LogP contribution in [-0.2, 0) is 11.8 Å². The average molecular weight is 254 g/mol. The van der Waals surface area contributed by atoms with Crippen LogP contribution < -0.4 is 5.32 Å². The van der Waals surface area contributed by atoms with Gasteiger partial charge in [-0.2, -0.15) is 0 Å². The van der Waals surface area contributed by atoms with E-state index in [9.17, 15) is 5.11 Å². The Labute approximate surface area is 107 Å². The molecule has 2 N–H and O–H groups in total. The summed E-state index contributed by atoms with van der Waals surface area (Å²) in [6, 6.07) is 0. The normalized spacial score (nSPS) is 20.5. The molecule has 2 rings (SSSR count). The first-order chi connectivity index (χ1) is 7.89. The van der Waals surface area contributed by atoms with Crippen LogP contribution in [0.15, 0.2) is 5.38 Å². The number of rotatable bonds is 2. The third-order valence-electron chi connectivity index (χ3n) is 3.33. The van der Waals surface area contributed by atoms with Crippen molar-refractivity contribution in [1.29, 1.82) is 0 Å². The molecule has 0 aromatic carbocycles. The number of nitrogens with one attached hydrogen (secondary N) is 1. The van der Waals surface area contributed by atoms with Crippen LogP contribution in [0.5, 0.6) is 0 Å². The molecule has 96 valence electrons. The predicted molar refractivity (Wildman–Crippen MR) is 71.6 cm³/mol. The van der Waals surface area contributed by atoms with Gasteiger partial charge < -0.3 is 10.4 Å². The lowest BCUT2D eigenvalue weighted by atomic mass is 9.89. The van der Waals surface area contributed by atoms with Crippen LogP contribution in [-0.4, -0.2) is 28.8 Å². The standard InChI is InChI=1S/C13H22N2OS/c1-12(2,3)10-9-17-11(15-10)8-13(16)4-6-14-7-5-13/h9,14,16H,4-8H2,1-3H3. The van der Waals surface area contributed by atoms with E-state index < -0.39 is 5.60 Å². The topological polar surface area (TPSA) is 45.1 Å². The fourth-order valence-electron chi connectivity index (χ4n) is 2.09. The Kier molecular flexibility index (Phi) is 3.57. The van der Waals surface area contributed by atoms with Gasteiger partial charge in [0.05, 0.1) is 16.3 Å². The van der Waals surface area contributed by atoms with E-state index in [1.807, 2.05) is 0 Å². The van der Waals surface area contributed by atoms with Gasteiger partial charge in [0.2, 0.25) is 0 Å². The summed E-state index contributed by atoms with van der Waals surface area (Å²) in [7, 11) is 0. The maximum absolute atomic E-state index is 10.5. The zero-order valence-corrected chi connectivity index (χ0v) is 11.7. The van der Waals surface area contributed by atoms with Gasteiger partial charge >= 0.3 is 0 Å². The molecule has 3 nitrogen and oxygen atoms in total. The fraction of sp³-hybridized carbons (Fsp3) is 0.769. The summed E-state index contributed by atoms with van der Waals surface area (Å²) in [5, 5.41) is 16.9. The van der Waals surface area contributed by atoms with Crippen molar-refractivity contribution in [3.05, 3.63) is 16.1 Å². The Morgan fingerprint density at radius 2 is 2.06 bits per heavy atom. The molecule has 17 heavy (non-hydrogen) atoms. The smallest absolute Gasteiger partial charge is 0.0957 e. The molecule has 4 heteroatoms. The second-order valence-corrected chi connectivity index (χ2v) is 6.97. The molecule has 1 aliphatic rings. The lowest BCUT2D eigenvalue weighted by molar-refractivity contribution is 0.0108. The molecule has 0 atom stereocenters. The molecule has 0 spiro atoms. The molecule has 0 aliphatic carbocycles. The minimum Gasteiger partial charge on any atom is -0.389 e. The predicted octanol–water partition coefficient (Wildman–Crippen LogP) is 2.10. The van der Waals surface area contributed by atoms with Crippen LogP contribution in [0.3, 0.4) is 0 Å². The Balaban J connectivity index is 2.06. The van der Waals surface area contributed by atoms with Gasteiger partial charge in [-0.3, -0.25) is 0 Å². The van der Waals surface area contributed by atoms with E-state index in [1.54, 1.807) is 11.3 Å². The van der Waals surface area contributed by atoms with Crippen molar-refractivity contribution in [1.82, 2.24) is 10.3 Å². The van der Waals surface area contributed by atoms with E-state index in [4.69, 9.17) is 0 Å². The average Bonchev–Trinajstić information content (AvgIpc) is 2.66. The van der Waals surface area contributed by atoms with Gasteiger partial charge in [-0.1, -0.05) is 20.8 Å². The second kappa shape index (κ2) is 4.67. The van der Waals surface area contributed by atoms with Crippen molar-refractivity contribution in [2.75, 3.05) is 13.1 Å². The third kappa shape index (κ3) is 3.27. The van der Waals surface area contributed by atoms with Crippen LogP contribution in [0.2, 0.25) is 0 Å². The zero-order valence-electron chi connectivity index (χ0n) is 10.9. The number of thiazole rings is 1. The van der Waals surface area contributed by atoms with Crippen molar-refractivity contribution in [2.24, 2.45) is 0 Å². The highest BCUT2D eigenvalue weighted by Gasteiger charge is 2.30. The molecular formula is C13H22N2OS. The first-order valence-electron chi connectivity index (χ1n) is 6.27. The van der Waals surface area contributed by atoms with E-state index >= 15 is 0 Å². The van der Waals surface area contributed by atoms with Gasteiger partial charge in [0, 0.05) is 17.2 Å². The molecule has 0 radical (unpaired) electrons.